The van der Waals surface area contributed by atoms with E-state index in [1.54, 1.807) is 24.0 Å². The summed E-state index contributed by atoms with van der Waals surface area (Å²) in [5.74, 6) is 0.494. The molecule has 3 N–H and O–H groups in total. The van der Waals surface area contributed by atoms with Crippen LogP contribution < -0.4 is 15.5 Å². The van der Waals surface area contributed by atoms with Gasteiger partial charge in [-0.3, -0.25) is 24.2 Å². The number of nitrogen functional groups attached to an aromatic ring is 1. The molecule has 10 nitrogen and oxygen atoms in total. The Balaban J connectivity index is 0.000000208. The average Bonchev–Trinajstić information content (AvgIpc) is 1.62. The third kappa shape index (κ3) is 23.9. The smallest absolute Gasteiger partial charge is 0.331 e. The Bertz CT molecular complexity index is 3810. The number of hydrogen-bond donors (Lipinski definition) is 2. The summed E-state index contributed by atoms with van der Waals surface area (Å²) in [6.45, 7) is 17.8. The van der Waals surface area contributed by atoms with Gasteiger partial charge < -0.3 is 10.8 Å². The SMILES string of the molecule is CC(=O)c1cc(C)cc(C)c1.Cc1cc(C)cc(C(=O)CBr)c1.Cc1cc(C)cc(C(=O)CCc2ccc(Br)cc2)c1.Cc1cc(C)cc(C2(O)CN(c3ccc(Br)cc3)C(=O)N2c2ccc(Br)cc2)c1.Nc1ccc(Br)cc1.O=C=Nc1ccc(Br)cc1. The predicted octanol–water partition coefficient (Wildman–Crippen LogP) is 20.8. The molecule has 0 aliphatic carbocycles. The number of β-amino-alcohol motifs (C(OH)–C–C–N with tert-alkyl or cyclic N) is 1. The van der Waals surface area contributed by atoms with Gasteiger partial charge in [0.2, 0.25) is 6.08 Å². The van der Waals surface area contributed by atoms with E-state index in [0.717, 1.165) is 101 Å². The number of hydrogen-bond acceptors (Lipinski definition) is 8. The Morgan fingerprint density at radius 3 is 1.24 bits per heavy atom. The van der Waals surface area contributed by atoms with E-state index < -0.39 is 5.72 Å². The van der Waals surface area contributed by atoms with E-state index in [4.69, 9.17) is 5.73 Å². The van der Waals surface area contributed by atoms with Crippen LogP contribution in [0.15, 0.2) is 221 Å². The topological polar surface area (TPSA) is 150 Å². The summed E-state index contributed by atoms with van der Waals surface area (Å²) in [5.41, 5.74) is 20.0. The van der Waals surface area contributed by atoms with Crippen LogP contribution in [0.4, 0.5) is 27.5 Å². The maximum Gasteiger partial charge on any atom is 0.331 e. The monoisotopic (exact) mass is 1570 g/mol. The van der Waals surface area contributed by atoms with E-state index in [1.807, 2.05) is 201 Å². The van der Waals surface area contributed by atoms with Crippen LogP contribution >= 0.6 is 95.6 Å². The van der Waals surface area contributed by atoms with Crippen LogP contribution in [-0.2, 0) is 16.9 Å². The first-order valence-corrected chi connectivity index (χ1v) is 33.2. The van der Waals surface area contributed by atoms with Gasteiger partial charge in [0.05, 0.1) is 17.6 Å². The highest BCUT2D eigenvalue weighted by Gasteiger charge is 2.51. The standard InChI is InChI=1S/C23H20Br2N2O2.C17H17BrO.C10H11BrO.C10H12O.C7H4BrNO.C6H6BrN/c1-15-11-16(2)13-17(12-15)23(29)14-26(20-7-3-18(24)4-8-20)22(28)27(23)21-9-5-19(25)6-10-21;1-12-9-13(2)11-15(10-12)17(19)8-5-14-3-6-16(18)7-4-14;1-7-3-8(2)5-9(4-7)10(12)6-11;1-7-4-8(2)6-10(5-7)9(3)11;8-6-1-3-7(4-2-6)9-5-10;7-5-1-3-6(8)4-2-5/h3-13,29H,14H2,1-2H3;3-4,6-7,9-11H,5,8H2,1-2H3;3-5H,6H2,1-2H3;4-6H,1-3H3;1-4H;1-4H,8H2. The number of urea groups is 1. The first-order chi connectivity index (χ1) is 42.2. The van der Waals surface area contributed by atoms with Crippen molar-refractivity contribution in [3.05, 3.63) is 289 Å². The van der Waals surface area contributed by atoms with Crippen molar-refractivity contribution in [2.24, 2.45) is 4.99 Å². The van der Waals surface area contributed by atoms with Gasteiger partial charge in [0.25, 0.3) is 0 Å². The number of Topliss-reactive ketones (excluding diaryl/α,β-unsaturated/α-hetero) is 3. The molecular formula is C73H70Br6N4O6. The number of aliphatic imine (C=N–C) groups is 1. The van der Waals surface area contributed by atoms with Crippen LogP contribution in [0, 0.1) is 55.4 Å². The van der Waals surface area contributed by atoms with Crippen LogP contribution in [0.3, 0.4) is 0 Å². The van der Waals surface area contributed by atoms with Crippen molar-refractivity contribution >= 4 is 148 Å². The number of halogens is 6. The zero-order chi connectivity index (χ0) is 65.5. The predicted molar refractivity (Wildman–Crippen MR) is 386 cm³/mol. The normalized spacial score (nSPS) is 12.8. The van der Waals surface area contributed by atoms with Gasteiger partial charge in [0.1, 0.15) is 0 Å². The van der Waals surface area contributed by atoms with Crippen molar-refractivity contribution in [1.29, 1.82) is 0 Å². The molecule has 0 radical (unpaired) electrons. The first kappa shape index (κ1) is 73.0. The number of aryl methyl sites for hydroxylation is 9. The third-order valence-corrected chi connectivity index (χ3v) is 16.5. The van der Waals surface area contributed by atoms with Crippen molar-refractivity contribution in [1.82, 2.24) is 0 Å². The lowest BCUT2D eigenvalue weighted by Crippen LogP contribution is -2.45. The fourth-order valence-corrected chi connectivity index (χ4v) is 11.1. The van der Waals surface area contributed by atoms with Crippen LogP contribution in [-0.4, -0.2) is 46.4 Å². The Labute approximate surface area is 573 Å². The largest absolute Gasteiger partial charge is 0.399 e. The van der Waals surface area contributed by atoms with E-state index in [1.165, 1.54) is 16.5 Å². The molecule has 1 saturated heterocycles. The summed E-state index contributed by atoms with van der Waals surface area (Å²) < 4.78 is 4.94. The van der Waals surface area contributed by atoms with E-state index in [2.05, 4.69) is 137 Å². The number of alkyl halides is 1. The average molecular weight is 1580 g/mol. The summed E-state index contributed by atoms with van der Waals surface area (Å²) in [4.78, 5) is 64.2. The number of benzene rings is 9. The number of aliphatic hydroxyl groups is 1. The molecular weight excluding hydrogens is 1510 g/mol. The van der Waals surface area contributed by atoms with Gasteiger partial charge in [-0.15, -0.1) is 0 Å². The minimum absolute atomic E-state index is 0.131. The second-order valence-corrected chi connectivity index (χ2v) is 26.5. The molecule has 2 amide bonds. The number of carbonyl (C=O) groups excluding carboxylic acids is 5. The third-order valence-electron chi connectivity index (χ3n) is 13.3. The summed E-state index contributed by atoms with van der Waals surface area (Å²) in [5, 5.41) is 12.3. The molecule has 89 heavy (non-hydrogen) atoms. The molecule has 0 aromatic heterocycles. The summed E-state index contributed by atoms with van der Waals surface area (Å²) in [6, 6.07) is 61.1. The summed E-state index contributed by atoms with van der Waals surface area (Å²) in [6.07, 6.45) is 2.81. The molecule has 1 unspecified atom stereocenters. The van der Waals surface area contributed by atoms with Crippen LogP contribution in [0.25, 0.3) is 0 Å². The van der Waals surface area contributed by atoms with Gasteiger partial charge in [0, 0.05) is 68.1 Å². The van der Waals surface area contributed by atoms with Gasteiger partial charge in [-0.2, -0.15) is 4.99 Å². The number of carbonyl (C=O) groups is 4. The molecule has 1 aliphatic rings. The molecule has 10 rings (SSSR count). The van der Waals surface area contributed by atoms with Gasteiger partial charge in [-0.1, -0.05) is 189 Å². The highest BCUT2D eigenvalue weighted by molar-refractivity contribution is 9.11. The molecule has 0 saturated carbocycles. The Hall–Kier alpha value is -6.72. The van der Waals surface area contributed by atoms with E-state index in [9.17, 15) is 29.1 Å². The second kappa shape index (κ2) is 35.6. The maximum absolute atomic E-state index is 13.5. The zero-order valence-corrected chi connectivity index (χ0v) is 60.5. The first-order valence-electron chi connectivity index (χ1n) is 28.1. The highest BCUT2D eigenvalue weighted by Crippen LogP contribution is 2.41. The number of nitrogens with zero attached hydrogens (tertiary/aromatic N) is 3. The summed E-state index contributed by atoms with van der Waals surface area (Å²) >= 11 is 20.0. The molecule has 0 bridgehead atoms. The Morgan fingerprint density at radius 2 is 0.854 bits per heavy atom. The quantitative estimate of drug-likeness (QED) is 0.0430. The van der Waals surface area contributed by atoms with E-state index >= 15 is 0 Å². The van der Waals surface area contributed by atoms with Crippen molar-refractivity contribution < 1.29 is 29.1 Å². The maximum atomic E-state index is 13.5. The number of isocyanates is 1. The Morgan fingerprint density at radius 1 is 0.506 bits per heavy atom. The molecule has 1 aliphatic heterocycles. The number of nitrogens with two attached hydrogens (primary N) is 1. The lowest BCUT2D eigenvalue weighted by molar-refractivity contribution is 0.0654. The lowest BCUT2D eigenvalue weighted by Gasteiger charge is -2.32. The van der Waals surface area contributed by atoms with Crippen LogP contribution in [0.5, 0.6) is 0 Å². The molecule has 9 aromatic rings. The van der Waals surface area contributed by atoms with Crippen molar-refractivity contribution in [3.63, 3.8) is 0 Å². The van der Waals surface area contributed by atoms with Crippen LogP contribution in [0.2, 0.25) is 0 Å². The molecule has 1 heterocycles. The van der Waals surface area contributed by atoms with Gasteiger partial charge in [-0.25, -0.2) is 9.59 Å². The zero-order valence-electron chi connectivity index (χ0n) is 51.0. The molecule has 1 atom stereocenters. The second-order valence-electron chi connectivity index (χ2n) is 21.4. The minimum atomic E-state index is -1.49. The molecule has 16 heteroatoms. The Kier molecular flexibility index (Phi) is 29.2. The number of amides is 2. The van der Waals surface area contributed by atoms with Crippen molar-refractivity contribution in [3.8, 4) is 0 Å². The van der Waals surface area contributed by atoms with Crippen LogP contribution in [0.1, 0.15) is 100 Å². The molecule has 460 valence electrons. The minimum Gasteiger partial charge on any atom is -0.399 e. The number of ketones is 3. The van der Waals surface area contributed by atoms with E-state index in [0.29, 0.717) is 28.7 Å². The fraction of sp³-hybridized carbons (Fsp3) is 0.192. The molecule has 0 spiro atoms. The lowest BCUT2D eigenvalue weighted by atomic mass is 9.97. The van der Waals surface area contributed by atoms with Gasteiger partial charge in [0.15, 0.2) is 23.1 Å². The fourth-order valence-electron chi connectivity index (χ4n) is 9.41. The van der Waals surface area contributed by atoms with E-state index in [-0.39, 0.29) is 29.9 Å². The molecule has 9 aromatic carbocycles. The summed E-state index contributed by atoms with van der Waals surface area (Å²) in [7, 11) is 0. The van der Waals surface area contributed by atoms with Gasteiger partial charge >= 0.3 is 6.03 Å². The van der Waals surface area contributed by atoms with Crippen molar-refractivity contribution in [2.75, 3.05) is 27.4 Å². The molecule has 1 fully saturated rings. The van der Waals surface area contributed by atoms with Gasteiger partial charge in [-0.05, 0) is 220 Å². The number of anilines is 3. The van der Waals surface area contributed by atoms with Crippen molar-refractivity contribution in [2.45, 2.75) is 80.9 Å². The number of rotatable bonds is 11. The highest BCUT2D eigenvalue weighted by atomic mass is 79.9.